The molecule has 7 heteroatoms. The van der Waals surface area contributed by atoms with Crippen molar-refractivity contribution in [2.24, 2.45) is 17.2 Å². The molecule has 0 saturated heterocycles. The van der Waals surface area contributed by atoms with E-state index in [0.29, 0.717) is 0 Å². The maximum atomic E-state index is 9.76. The number of rotatable bonds is 2. The molecule has 66 valence electrons. The number of carbonyl (C=O) groups is 1. The molecule has 0 rings (SSSR count). The van der Waals surface area contributed by atoms with Gasteiger partial charge in [0.05, 0.1) is 0 Å². The summed E-state index contributed by atoms with van der Waals surface area (Å²) in [7, 11) is 0. The van der Waals surface area contributed by atoms with Crippen LogP contribution in [0.5, 0.6) is 0 Å². The Morgan fingerprint density at radius 1 is 1.64 bits per heavy atom. The number of nitrogens with two attached hydrogens (primary N) is 3. The maximum Gasteiger partial charge on any atom is 0.321 e. The molecule has 11 heavy (non-hydrogen) atoms. The lowest BCUT2D eigenvalue weighted by Gasteiger charge is -1.96. The zero-order valence-corrected chi connectivity index (χ0v) is 6.71. The summed E-state index contributed by atoms with van der Waals surface area (Å²) >= 11 is 3.65. The largest absolute Gasteiger partial charge is 0.480 e. The number of carboxylic acid groups (broad SMARTS) is 1. The third-order valence-corrected chi connectivity index (χ3v) is 0.907. The molecule has 0 spiro atoms. The summed E-state index contributed by atoms with van der Waals surface area (Å²) < 4.78 is 0. The second-order valence-corrected chi connectivity index (χ2v) is 1.95. The van der Waals surface area contributed by atoms with Crippen molar-refractivity contribution in [3.8, 4) is 0 Å². The monoisotopic (exact) mass is 180 g/mol. The van der Waals surface area contributed by atoms with E-state index in [4.69, 9.17) is 16.2 Å². The van der Waals surface area contributed by atoms with Gasteiger partial charge in [-0.2, -0.15) is 12.6 Å². The Kier molecular flexibility index (Phi) is 8.27. The minimum Gasteiger partial charge on any atom is -0.480 e. The van der Waals surface area contributed by atoms with Crippen LogP contribution in [0.15, 0.2) is 0 Å². The van der Waals surface area contributed by atoms with Gasteiger partial charge in [-0.15, -0.1) is 0 Å². The Hall–Kier alpha value is -0.950. The molecule has 0 amide bonds. The van der Waals surface area contributed by atoms with Crippen LogP contribution in [0.1, 0.15) is 0 Å². The lowest BCUT2D eigenvalue weighted by Crippen LogP contribution is -2.31. The molecule has 8 N–H and O–H groups in total. The van der Waals surface area contributed by atoms with E-state index in [2.05, 4.69) is 24.1 Å². The second kappa shape index (κ2) is 7.16. The van der Waals surface area contributed by atoms with Gasteiger partial charge in [0, 0.05) is 5.75 Å². The first-order valence-corrected chi connectivity index (χ1v) is 3.23. The molecule has 1 atom stereocenters. The molecule has 0 aromatic rings. The zero-order valence-electron chi connectivity index (χ0n) is 5.82. The van der Waals surface area contributed by atoms with Gasteiger partial charge in [0.25, 0.3) is 0 Å². The Balaban J connectivity index is 0. The summed E-state index contributed by atoms with van der Waals surface area (Å²) in [5.74, 6) is -1.15. The Bertz CT molecular complexity index is 136. The first-order valence-electron chi connectivity index (χ1n) is 2.60. The standard InChI is InChI=1S/C3H7NO2S.CH5N3/c4-2(1-7)3(5)6;2-1(3)4/h2,7H,1,4H2,(H,5,6);(H5,2,3,4)/t2-;/m0./s1. The zero-order chi connectivity index (χ0) is 9.44. The average Bonchev–Trinajstić information content (AvgIpc) is 1.85. The number of thiol groups is 1. The third-order valence-electron chi connectivity index (χ3n) is 0.514. The minimum absolute atomic E-state index is 0.190. The molecule has 0 aliphatic heterocycles. The number of hydrogen-bond acceptors (Lipinski definition) is 4. The lowest BCUT2D eigenvalue weighted by atomic mass is 10.4. The van der Waals surface area contributed by atoms with E-state index in [1.54, 1.807) is 0 Å². The van der Waals surface area contributed by atoms with Crippen molar-refractivity contribution < 1.29 is 9.90 Å². The molecular formula is C4H12N4O2S. The molecule has 0 unspecified atom stereocenters. The van der Waals surface area contributed by atoms with Gasteiger partial charge in [0.1, 0.15) is 6.04 Å². The van der Waals surface area contributed by atoms with Crippen molar-refractivity contribution in [1.82, 2.24) is 0 Å². The fourth-order valence-corrected chi connectivity index (χ4v) is 0.234. The van der Waals surface area contributed by atoms with Crippen LogP contribution in [0.3, 0.4) is 0 Å². The van der Waals surface area contributed by atoms with Crippen LogP contribution in [0.4, 0.5) is 0 Å². The predicted octanol–water partition coefficient (Wildman–Crippen LogP) is -1.83. The highest BCUT2D eigenvalue weighted by molar-refractivity contribution is 7.80. The van der Waals surface area contributed by atoms with Crippen LogP contribution in [0.25, 0.3) is 0 Å². The fourth-order valence-electron chi connectivity index (χ4n) is 0.0781. The van der Waals surface area contributed by atoms with Crippen LogP contribution >= 0.6 is 12.6 Å². The smallest absolute Gasteiger partial charge is 0.321 e. The van der Waals surface area contributed by atoms with Gasteiger partial charge in [0.2, 0.25) is 0 Å². The topological polar surface area (TPSA) is 139 Å². The normalized spacial score (nSPS) is 10.7. The lowest BCUT2D eigenvalue weighted by molar-refractivity contribution is -0.137. The first kappa shape index (κ1) is 12.7. The van der Waals surface area contributed by atoms with Crippen molar-refractivity contribution in [1.29, 1.82) is 5.41 Å². The van der Waals surface area contributed by atoms with E-state index in [0.717, 1.165) is 0 Å². The van der Waals surface area contributed by atoms with Gasteiger partial charge in [-0.1, -0.05) is 0 Å². The molecule has 0 fully saturated rings. The summed E-state index contributed by atoms with van der Waals surface area (Å²) in [6.45, 7) is 0. The SMILES string of the molecule is N=C(N)N.N[C@@H](CS)C(=O)O. The molecule has 0 saturated carbocycles. The van der Waals surface area contributed by atoms with E-state index in [-0.39, 0.29) is 11.7 Å². The van der Waals surface area contributed by atoms with Crippen LogP contribution in [-0.2, 0) is 4.79 Å². The molecule has 0 aromatic carbocycles. The van der Waals surface area contributed by atoms with Gasteiger partial charge in [-0.05, 0) is 0 Å². The molecule has 6 nitrogen and oxygen atoms in total. The Labute approximate surface area is 69.7 Å². The number of hydrogen-bond donors (Lipinski definition) is 6. The van der Waals surface area contributed by atoms with E-state index in [1.165, 1.54) is 0 Å². The van der Waals surface area contributed by atoms with Crippen LogP contribution in [0.2, 0.25) is 0 Å². The third kappa shape index (κ3) is 17.6. The van der Waals surface area contributed by atoms with Gasteiger partial charge in [-0.25, -0.2) is 0 Å². The van der Waals surface area contributed by atoms with E-state index < -0.39 is 12.0 Å². The van der Waals surface area contributed by atoms with Crippen molar-refractivity contribution >= 4 is 24.6 Å². The molecule has 0 heterocycles. The molecular weight excluding hydrogens is 168 g/mol. The van der Waals surface area contributed by atoms with E-state index in [9.17, 15) is 4.79 Å². The maximum absolute atomic E-state index is 9.76. The average molecular weight is 180 g/mol. The van der Waals surface area contributed by atoms with Crippen molar-refractivity contribution in [2.75, 3.05) is 5.75 Å². The summed E-state index contributed by atoms with van der Waals surface area (Å²) in [4.78, 5) is 9.76. The van der Waals surface area contributed by atoms with Crippen molar-refractivity contribution in [3.05, 3.63) is 0 Å². The van der Waals surface area contributed by atoms with E-state index >= 15 is 0 Å². The van der Waals surface area contributed by atoms with Gasteiger partial charge >= 0.3 is 5.97 Å². The minimum atomic E-state index is -1.00. The highest BCUT2D eigenvalue weighted by atomic mass is 32.1. The molecule has 0 radical (unpaired) electrons. The fraction of sp³-hybridized carbons (Fsp3) is 0.500. The number of guanidine groups is 1. The quantitative estimate of drug-likeness (QED) is 0.168. The Morgan fingerprint density at radius 2 is 1.91 bits per heavy atom. The van der Waals surface area contributed by atoms with Crippen LogP contribution < -0.4 is 17.2 Å². The number of aliphatic carboxylic acids is 1. The summed E-state index contributed by atoms with van der Waals surface area (Å²) in [6.07, 6.45) is 0. The van der Waals surface area contributed by atoms with Crippen molar-refractivity contribution in [2.45, 2.75) is 6.04 Å². The van der Waals surface area contributed by atoms with Gasteiger partial charge < -0.3 is 22.3 Å². The second-order valence-electron chi connectivity index (χ2n) is 1.58. The van der Waals surface area contributed by atoms with Crippen LogP contribution in [0, 0.1) is 5.41 Å². The van der Waals surface area contributed by atoms with Gasteiger partial charge in [-0.3, -0.25) is 10.2 Å². The van der Waals surface area contributed by atoms with Crippen LogP contribution in [-0.4, -0.2) is 28.8 Å². The summed E-state index contributed by atoms with van der Waals surface area (Å²) in [6, 6.07) is -0.816. The van der Waals surface area contributed by atoms with Gasteiger partial charge in [0.15, 0.2) is 5.96 Å². The number of carboxylic acids is 1. The predicted molar refractivity (Wildman–Crippen MR) is 45.6 cm³/mol. The van der Waals surface area contributed by atoms with Crippen molar-refractivity contribution in [3.63, 3.8) is 0 Å². The Morgan fingerprint density at radius 3 is 1.91 bits per heavy atom. The molecule has 0 aliphatic rings. The van der Waals surface area contributed by atoms with E-state index in [1.807, 2.05) is 0 Å². The first-order chi connectivity index (χ1) is 4.91. The molecule has 0 aromatic heterocycles. The summed E-state index contributed by atoms with van der Waals surface area (Å²) in [5.41, 5.74) is 13.9. The molecule has 0 bridgehead atoms. The highest BCUT2D eigenvalue weighted by Crippen LogP contribution is 1.80. The highest BCUT2D eigenvalue weighted by Gasteiger charge is 2.06. The molecule has 0 aliphatic carbocycles. The number of nitrogens with one attached hydrogen (secondary N) is 1. The summed E-state index contributed by atoms with van der Waals surface area (Å²) in [5, 5.41) is 14.1.